The molecule has 0 atom stereocenters. The number of amides is 1. The minimum absolute atomic E-state index is 0.389. The van der Waals surface area contributed by atoms with Gasteiger partial charge >= 0.3 is 0 Å². The van der Waals surface area contributed by atoms with E-state index in [1.807, 2.05) is 7.05 Å². The van der Waals surface area contributed by atoms with E-state index in [0.717, 1.165) is 5.82 Å². The maximum atomic E-state index is 11.0. The Morgan fingerprint density at radius 2 is 2.36 bits per heavy atom. The molecule has 0 bridgehead atoms. The molecule has 6 heteroatoms. The Morgan fingerprint density at radius 3 is 2.79 bits per heavy atom. The van der Waals surface area contributed by atoms with Crippen LogP contribution in [0.3, 0.4) is 0 Å². The molecule has 1 aromatic rings. The summed E-state index contributed by atoms with van der Waals surface area (Å²) in [6.07, 6.45) is 1.61. The smallest absolute Gasteiger partial charge is 0.237 e. The zero-order chi connectivity index (χ0) is 10.8. The van der Waals surface area contributed by atoms with Gasteiger partial charge in [0, 0.05) is 7.05 Å². The summed E-state index contributed by atoms with van der Waals surface area (Å²) < 4.78 is 1.78. The Bertz CT molecular complexity index is 330. The number of carbonyl (C=O) groups is 1. The summed E-state index contributed by atoms with van der Waals surface area (Å²) in [7, 11) is 1.84. The van der Waals surface area contributed by atoms with Gasteiger partial charge in [0.2, 0.25) is 5.91 Å². The minimum atomic E-state index is -0.730. The third-order valence-corrected chi connectivity index (χ3v) is 2.11. The first-order valence-corrected chi connectivity index (χ1v) is 4.31. The average Bonchev–Trinajstić information content (AvgIpc) is 2.47. The van der Waals surface area contributed by atoms with Crippen LogP contribution in [0, 0.1) is 0 Å². The molecule has 0 aliphatic heterocycles. The van der Waals surface area contributed by atoms with E-state index < -0.39 is 5.54 Å². The molecular weight excluding hydrogens is 182 g/mol. The molecule has 1 aromatic heterocycles. The highest BCUT2D eigenvalue weighted by molar-refractivity contribution is 5.83. The third-order valence-electron chi connectivity index (χ3n) is 2.11. The zero-order valence-corrected chi connectivity index (χ0v) is 8.61. The van der Waals surface area contributed by atoms with Gasteiger partial charge in [0.1, 0.15) is 12.2 Å². The van der Waals surface area contributed by atoms with Gasteiger partial charge in [0.25, 0.3) is 0 Å². The van der Waals surface area contributed by atoms with Crippen molar-refractivity contribution in [1.29, 1.82) is 0 Å². The molecule has 78 valence electrons. The van der Waals surface area contributed by atoms with Gasteiger partial charge in [-0.3, -0.25) is 10.1 Å². The molecular formula is C8H15N5O. The van der Waals surface area contributed by atoms with Gasteiger partial charge in [0.15, 0.2) is 0 Å². The molecule has 0 fully saturated rings. The fourth-order valence-corrected chi connectivity index (χ4v) is 0.854. The first kappa shape index (κ1) is 10.6. The molecule has 0 saturated carbocycles. The monoisotopic (exact) mass is 197 g/mol. The van der Waals surface area contributed by atoms with Gasteiger partial charge in [-0.1, -0.05) is 0 Å². The molecule has 1 amide bonds. The van der Waals surface area contributed by atoms with Crippen molar-refractivity contribution in [2.24, 2.45) is 12.8 Å². The zero-order valence-electron chi connectivity index (χ0n) is 8.61. The summed E-state index contributed by atoms with van der Waals surface area (Å²) >= 11 is 0. The number of nitrogens with two attached hydrogens (primary N) is 1. The highest BCUT2D eigenvalue weighted by Gasteiger charge is 2.24. The predicted molar refractivity (Wildman–Crippen MR) is 51.1 cm³/mol. The standard InChI is InChI=1S/C8H15N5O/c1-8(2,7(9)14)10-4-6-12-11-5-13(6)3/h5,10H,4H2,1-3H3,(H2,9,14). The largest absolute Gasteiger partial charge is 0.368 e. The number of hydrogen-bond acceptors (Lipinski definition) is 4. The van der Waals surface area contributed by atoms with Crippen LogP contribution in [-0.2, 0) is 18.4 Å². The van der Waals surface area contributed by atoms with Crippen LogP contribution in [0.25, 0.3) is 0 Å². The van der Waals surface area contributed by atoms with Crippen molar-refractivity contribution >= 4 is 5.91 Å². The molecule has 0 unspecified atom stereocenters. The number of nitrogens with one attached hydrogen (secondary N) is 1. The van der Waals surface area contributed by atoms with Crippen LogP contribution in [0.1, 0.15) is 19.7 Å². The van der Waals surface area contributed by atoms with Crippen molar-refractivity contribution < 1.29 is 4.79 Å². The van der Waals surface area contributed by atoms with E-state index in [9.17, 15) is 4.79 Å². The van der Waals surface area contributed by atoms with E-state index in [1.54, 1.807) is 24.7 Å². The summed E-state index contributed by atoms with van der Waals surface area (Å²) in [5, 5.41) is 10.6. The quantitative estimate of drug-likeness (QED) is 0.659. The highest BCUT2D eigenvalue weighted by Crippen LogP contribution is 2.02. The lowest BCUT2D eigenvalue weighted by molar-refractivity contribution is -0.123. The predicted octanol–water partition coefficient (Wildman–Crippen LogP) is -0.831. The molecule has 1 rings (SSSR count). The molecule has 0 spiro atoms. The van der Waals surface area contributed by atoms with Crippen LogP contribution in [0.5, 0.6) is 0 Å². The number of nitrogens with zero attached hydrogens (tertiary/aromatic N) is 3. The van der Waals surface area contributed by atoms with Gasteiger partial charge in [-0.25, -0.2) is 0 Å². The van der Waals surface area contributed by atoms with Crippen LogP contribution < -0.4 is 11.1 Å². The average molecular weight is 197 g/mol. The molecule has 1 heterocycles. The fourth-order valence-electron chi connectivity index (χ4n) is 0.854. The van der Waals surface area contributed by atoms with E-state index in [2.05, 4.69) is 15.5 Å². The topological polar surface area (TPSA) is 85.8 Å². The van der Waals surface area contributed by atoms with Crippen molar-refractivity contribution in [3.63, 3.8) is 0 Å². The Labute approximate surface area is 82.5 Å². The fraction of sp³-hybridized carbons (Fsp3) is 0.625. The summed E-state index contributed by atoms with van der Waals surface area (Å²) in [6, 6.07) is 0. The number of primary amides is 1. The van der Waals surface area contributed by atoms with E-state index in [-0.39, 0.29) is 5.91 Å². The molecule has 0 aliphatic rings. The van der Waals surface area contributed by atoms with Crippen LogP contribution in [0.15, 0.2) is 6.33 Å². The lowest BCUT2D eigenvalue weighted by atomic mass is 10.1. The van der Waals surface area contributed by atoms with E-state index in [4.69, 9.17) is 5.73 Å². The van der Waals surface area contributed by atoms with E-state index in [0.29, 0.717) is 6.54 Å². The molecule has 0 radical (unpaired) electrons. The van der Waals surface area contributed by atoms with Crippen LogP contribution >= 0.6 is 0 Å². The van der Waals surface area contributed by atoms with Crippen LogP contribution in [0.2, 0.25) is 0 Å². The first-order chi connectivity index (χ1) is 6.43. The number of aromatic nitrogens is 3. The molecule has 6 nitrogen and oxygen atoms in total. The Hall–Kier alpha value is -1.43. The summed E-state index contributed by atoms with van der Waals surface area (Å²) in [4.78, 5) is 11.0. The van der Waals surface area contributed by atoms with Gasteiger partial charge in [-0.15, -0.1) is 10.2 Å². The van der Waals surface area contributed by atoms with Crippen molar-refractivity contribution in [3.8, 4) is 0 Å². The summed E-state index contributed by atoms with van der Waals surface area (Å²) in [5.74, 6) is 0.374. The van der Waals surface area contributed by atoms with Crippen molar-refractivity contribution in [2.45, 2.75) is 25.9 Å². The van der Waals surface area contributed by atoms with Gasteiger partial charge < -0.3 is 10.3 Å². The van der Waals surface area contributed by atoms with Crippen molar-refractivity contribution in [3.05, 3.63) is 12.2 Å². The lowest BCUT2D eigenvalue weighted by Gasteiger charge is -2.21. The molecule has 0 aromatic carbocycles. The maximum Gasteiger partial charge on any atom is 0.237 e. The van der Waals surface area contributed by atoms with Gasteiger partial charge in [0.05, 0.1) is 12.1 Å². The second-order valence-electron chi connectivity index (χ2n) is 3.70. The normalized spacial score (nSPS) is 11.6. The molecule has 0 aliphatic carbocycles. The number of hydrogen-bond donors (Lipinski definition) is 2. The SMILES string of the molecule is Cn1cnnc1CNC(C)(C)C(N)=O. The minimum Gasteiger partial charge on any atom is -0.368 e. The lowest BCUT2D eigenvalue weighted by Crippen LogP contribution is -2.50. The van der Waals surface area contributed by atoms with Crippen LogP contribution in [-0.4, -0.2) is 26.2 Å². The second kappa shape index (κ2) is 3.75. The Balaban J connectivity index is 2.57. The van der Waals surface area contributed by atoms with Gasteiger partial charge in [-0.2, -0.15) is 0 Å². The van der Waals surface area contributed by atoms with Crippen LogP contribution in [0.4, 0.5) is 0 Å². The number of carbonyl (C=O) groups excluding carboxylic acids is 1. The first-order valence-electron chi connectivity index (χ1n) is 4.31. The summed E-state index contributed by atoms with van der Waals surface area (Å²) in [6.45, 7) is 3.92. The molecule has 14 heavy (non-hydrogen) atoms. The third kappa shape index (κ3) is 2.29. The molecule has 3 N–H and O–H groups in total. The number of aryl methyl sites for hydroxylation is 1. The molecule has 0 saturated heterocycles. The second-order valence-corrected chi connectivity index (χ2v) is 3.70. The maximum absolute atomic E-state index is 11.0. The van der Waals surface area contributed by atoms with E-state index in [1.165, 1.54) is 0 Å². The Kier molecular flexibility index (Phi) is 2.85. The number of rotatable bonds is 4. The van der Waals surface area contributed by atoms with Crippen molar-refractivity contribution in [1.82, 2.24) is 20.1 Å². The van der Waals surface area contributed by atoms with Gasteiger partial charge in [-0.05, 0) is 13.8 Å². The van der Waals surface area contributed by atoms with E-state index >= 15 is 0 Å². The Morgan fingerprint density at radius 1 is 1.71 bits per heavy atom. The van der Waals surface area contributed by atoms with Crippen molar-refractivity contribution in [2.75, 3.05) is 0 Å². The summed E-state index contributed by atoms with van der Waals surface area (Å²) in [5.41, 5.74) is 4.47. The highest BCUT2D eigenvalue weighted by atomic mass is 16.1.